The number of hydrogen-bond donors (Lipinski definition) is 1. The highest BCUT2D eigenvalue weighted by Gasteiger charge is 2.26. The molecule has 0 saturated heterocycles. The van der Waals surface area contributed by atoms with Crippen molar-refractivity contribution >= 4 is 23.4 Å². The Kier molecular flexibility index (Phi) is 3.06. The van der Waals surface area contributed by atoms with Gasteiger partial charge in [-0.25, -0.2) is 0 Å². The maximum Gasteiger partial charge on any atom is 0.270 e. The molecule has 1 aliphatic rings. The highest BCUT2D eigenvalue weighted by atomic mass is 32.2. The van der Waals surface area contributed by atoms with Gasteiger partial charge in [0.2, 0.25) is 0 Å². The van der Waals surface area contributed by atoms with Crippen LogP contribution in [0.15, 0.2) is 23.1 Å². The minimum Gasteiger partial charge on any atom is -0.348 e. The van der Waals surface area contributed by atoms with E-state index in [0.29, 0.717) is 5.56 Å². The van der Waals surface area contributed by atoms with Crippen LogP contribution in [0.3, 0.4) is 0 Å². The molecule has 0 saturated carbocycles. The van der Waals surface area contributed by atoms with Gasteiger partial charge in [0.15, 0.2) is 0 Å². The van der Waals surface area contributed by atoms with E-state index in [-0.39, 0.29) is 22.9 Å². The van der Waals surface area contributed by atoms with Gasteiger partial charge in [0.1, 0.15) is 0 Å². The maximum absolute atomic E-state index is 11.9. The molecule has 1 N–H and O–H groups in total. The van der Waals surface area contributed by atoms with Gasteiger partial charge in [0.05, 0.1) is 10.5 Å². The number of nitro benzene ring substituents is 1. The van der Waals surface area contributed by atoms with Crippen molar-refractivity contribution in [2.24, 2.45) is 0 Å². The molecule has 17 heavy (non-hydrogen) atoms. The Morgan fingerprint density at radius 3 is 2.76 bits per heavy atom. The van der Waals surface area contributed by atoms with E-state index in [1.807, 2.05) is 13.8 Å². The average Bonchev–Trinajstić information content (AvgIpc) is 2.37. The number of nitrogens with one attached hydrogen (secondary N) is 1. The van der Waals surface area contributed by atoms with Crippen molar-refractivity contribution in [2.45, 2.75) is 30.0 Å². The van der Waals surface area contributed by atoms with Crippen molar-refractivity contribution in [1.82, 2.24) is 5.32 Å². The van der Waals surface area contributed by atoms with Crippen molar-refractivity contribution in [2.75, 3.05) is 0 Å². The van der Waals surface area contributed by atoms with Gasteiger partial charge in [-0.2, -0.15) is 0 Å². The molecule has 6 heteroatoms. The molecule has 0 aliphatic carbocycles. The van der Waals surface area contributed by atoms with Crippen LogP contribution in [-0.4, -0.2) is 22.1 Å². The number of carbonyl (C=O) groups excluding carboxylic acids is 1. The lowest BCUT2D eigenvalue weighted by Gasteiger charge is -2.15. The molecule has 0 radical (unpaired) electrons. The van der Waals surface area contributed by atoms with Crippen LogP contribution in [0.4, 0.5) is 5.69 Å². The van der Waals surface area contributed by atoms with Crippen LogP contribution in [0.2, 0.25) is 0 Å². The monoisotopic (exact) mass is 252 g/mol. The Morgan fingerprint density at radius 1 is 1.41 bits per heavy atom. The van der Waals surface area contributed by atoms with Gasteiger partial charge in [-0.3, -0.25) is 14.9 Å². The van der Waals surface area contributed by atoms with Gasteiger partial charge < -0.3 is 5.32 Å². The molecule has 2 rings (SSSR count). The molecular formula is C11H12N2O3S. The van der Waals surface area contributed by atoms with Crippen LogP contribution >= 0.6 is 11.8 Å². The first-order valence-corrected chi connectivity index (χ1v) is 6.13. The first kappa shape index (κ1) is 11.9. The summed E-state index contributed by atoms with van der Waals surface area (Å²) in [6.45, 7) is 3.95. The topological polar surface area (TPSA) is 72.2 Å². The van der Waals surface area contributed by atoms with E-state index >= 15 is 0 Å². The minimum atomic E-state index is -0.490. The van der Waals surface area contributed by atoms with E-state index in [1.165, 1.54) is 12.1 Å². The Bertz CT molecular complexity index is 490. The van der Waals surface area contributed by atoms with E-state index in [4.69, 9.17) is 0 Å². The summed E-state index contributed by atoms with van der Waals surface area (Å²) in [7, 11) is 0. The van der Waals surface area contributed by atoms with Crippen molar-refractivity contribution in [3.05, 3.63) is 33.9 Å². The highest BCUT2D eigenvalue weighted by molar-refractivity contribution is 8.00. The third-order valence-corrected chi connectivity index (χ3v) is 4.18. The number of hydrogen-bond acceptors (Lipinski definition) is 4. The fraction of sp³-hybridized carbons (Fsp3) is 0.364. The number of non-ortho nitro benzene ring substituents is 1. The Morgan fingerprint density at radius 2 is 2.12 bits per heavy atom. The van der Waals surface area contributed by atoms with E-state index in [0.717, 1.165) is 4.90 Å². The standard InChI is InChI=1S/C11H12N2O3S/c1-6-7(2)17-10-4-3-8(13(15)16)5-9(10)11(14)12-6/h3-7H,1-2H3,(H,12,14). The number of benzene rings is 1. The zero-order valence-electron chi connectivity index (χ0n) is 9.47. The van der Waals surface area contributed by atoms with Crippen LogP contribution in [0, 0.1) is 10.1 Å². The number of nitrogens with zero attached hydrogens (tertiary/aromatic N) is 1. The third kappa shape index (κ3) is 2.26. The molecule has 0 bridgehead atoms. The summed E-state index contributed by atoms with van der Waals surface area (Å²) in [6, 6.07) is 4.45. The second kappa shape index (κ2) is 4.37. The molecular weight excluding hydrogens is 240 g/mol. The Hall–Kier alpha value is -1.56. The molecule has 1 amide bonds. The maximum atomic E-state index is 11.9. The number of nitro groups is 1. The molecule has 0 fully saturated rings. The van der Waals surface area contributed by atoms with Gasteiger partial charge in [0, 0.05) is 28.3 Å². The highest BCUT2D eigenvalue weighted by Crippen LogP contribution is 2.33. The molecule has 1 aromatic carbocycles. The lowest BCUT2D eigenvalue weighted by Crippen LogP contribution is -2.36. The predicted molar refractivity (Wildman–Crippen MR) is 65.3 cm³/mol. The zero-order chi connectivity index (χ0) is 12.6. The average molecular weight is 252 g/mol. The fourth-order valence-electron chi connectivity index (χ4n) is 1.62. The summed E-state index contributed by atoms with van der Waals surface area (Å²) >= 11 is 1.56. The lowest BCUT2D eigenvalue weighted by molar-refractivity contribution is -0.384. The smallest absolute Gasteiger partial charge is 0.270 e. The molecule has 2 atom stereocenters. The van der Waals surface area contributed by atoms with Crippen molar-refractivity contribution in [3.63, 3.8) is 0 Å². The third-order valence-electron chi connectivity index (χ3n) is 2.79. The normalized spacial score (nSPS) is 23.5. The SMILES string of the molecule is CC1NC(=O)c2cc([N+](=O)[O-])ccc2SC1C. The van der Waals surface area contributed by atoms with Crippen LogP contribution in [0.1, 0.15) is 24.2 Å². The van der Waals surface area contributed by atoms with E-state index < -0.39 is 4.92 Å². The van der Waals surface area contributed by atoms with Crippen molar-refractivity contribution < 1.29 is 9.72 Å². The van der Waals surface area contributed by atoms with Gasteiger partial charge in [-0.1, -0.05) is 6.92 Å². The lowest BCUT2D eigenvalue weighted by atomic mass is 10.1. The Balaban J connectivity index is 2.47. The number of amides is 1. The van der Waals surface area contributed by atoms with Gasteiger partial charge in [-0.05, 0) is 13.0 Å². The van der Waals surface area contributed by atoms with Crippen LogP contribution in [-0.2, 0) is 0 Å². The summed E-state index contributed by atoms with van der Waals surface area (Å²) in [6.07, 6.45) is 0. The van der Waals surface area contributed by atoms with E-state index in [9.17, 15) is 14.9 Å². The summed E-state index contributed by atoms with van der Waals surface area (Å²) in [5.41, 5.74) is 0.335. The number of fused-ring (bicyclic) bond motifs is 1. The predicted octanol–water partition coefficient (Wildman–Crippen LogP) is 2.21. The molecule has 2 unspecified atom stereocenters. The van der Waals surface area contributed by atoms with Crippen LogP contribution in [0.5, 0.6) is 0 Å². The fourth-order valence-corrected chi connectivity index (χ4v) is 2.71. The molecule has 1 aromatic rings. The molecule has 90 valence electrons. The van der Waals surface area contributed by atoms with Crippen LogP contribution in [0.25, 0.3) is 0 Å². The molecule has 1 aliphatic heterocycles. The molecule has 0 spiro atoms. The van der Waals surface area contributed by atoms with E-state index in [1.54, 1.807) is 17.8 Å². The van der Waals surface area contributed by atoms with Crippen LogP contribution < -0.4 is 5.32 Å². The molecule has 5 nitrogen and oxygen atoms in total. The van der Waals surface area contributed by atoms with E-state index in [2.05, 4.69) is 5.32 Å². The van der Waals surface area contributed by atoms with Crippen molar-refractivity contribution in [3.8, 4) is 0 Å². The number of rotatable bonds is 1. The van der Waals surface area contributed by atoms with Gasteiger partial charge >= 0.3 is 0 Å². The summed E-state index contributed by atoms with van der Waals surface area (Å²) in [5.74, 6) is -0.243. The molecule has 0 aromatic heterocycles. The molecule has 1 heterocycles. The number of carbonyl (C=O) groups is 1. The Labute approximate surface area is 103 Å². The quantitative estimate of drug-likeness (QED) is 0.614. The summed E-state index contributed by atoms with van der Waals surface area (Å²) in [4.78, 5) is 22.9. The first-order chi connectivity index (χ1) is 7.99. The second-order valence-corrected chi connectivity index (χ2v) is 5.44. The van der Waals surface area contributed by atoms with Gasteiger partial charge in [0.25, 0.3) is 11.6 Å². The minimum absolute atomic E-state index is 0.0407. The second-order valence-electron chi connectivity index (χ2n) is 4.02. The largest absolute Gasteiger partial charge is 0.348 e. The van der Waals surface area contributed by atoms with Crippen molar-refractivity contribution in [1.29, 1.82) is 0 Å². The zero-order valence-corrected chi connectivity index (χ0v) is 10.3. The number of thioether (sulfide) groups is 1. The summed E-state index contributed by atoms with van der Waals surface area (Å²) < 4.78 is 0. The summed E-state index contributed by atoms with van der Waals surface area (Å²) in [5, 5.41) is 13.7. The van der Waals surface area contributed by atoms with Gasteiger partial charge in [-0.15, -0.1) is 11.8 Å². The first-order valence-electron chi connectivity index (χ1n) is 5.25.